The van der Waals surface area contributed by atoms with Crippen molar-refractivity contribution in [2.75, 3.05) is 19.8 Å². The maximum absolute atomic E-state index is 11.2. The lowest BCUT2D eigenvalue weighted by atomic mass is 9.90. The van der Waals surface area contributed by atoms with Gasteiger partial charge >= 0.3 is 0 Å². The van der Waals surface area contributed by atoms with E-state index in [2.05, 4.69) is 26.1 Å². The van der Waals surface area contributed by atoms with Crippen LogP contribution in [-0.2, 0) is 9.53 Å². The fourth-order valence-corrected chi connectivity index (χ4v) is 0.823. The Morgan fingerprint density at radius 2 is 2.00 bits per heavy atom. The molecule has 0 radical (unpaired) electrons. The van der Waals surface area contributed by atoms with Gasteiger partial charge in [0.2, 0.25) is 5.91 Å². The molecule has 0 bridgehead atoms. The van der Waals surface area contributed by atoms with Crippen LogP contribution in [0, 0.1) is 5.41 Å². The zero-order valence-electron chi connectivity index (χ0n) is 9.85. The summed E-state index contributed by atoms with van der Waals surface area (Å²) in [5.41, 5.74) is 0.181. The van der Waals surface area contributed by atoms with E-state index >= 15 is 0 Å². The summed E-state index contributed by atoms with van der Waals surface area (Å²) in [6.07, 6.45) is 2.01. The van der Waals surface area contributed by atoms with Crippen molar-refractivity contribution in [3.63, 3.8) is 0 Å². The van der Waals surface area contributed by atoms with Gasteiger partial charge in [0.1, 0.15) is 6.61 Å². The van der Waals surface area contributed by atoms with Crippen molar-refractivity contribution >= 4 is 5.91 Å². The molecule has 84 valence electrons. The number of hydrogen-bond acceptors (Lipinski definition) is 2. The van der Waals surface area contributed by atoms with Crippen molar-refractivity contribution in [1.29, 1.82) is 0 Å². The number of ether oxygens (including phenoxy) is 1. The quantitative estimate of drug-likeness (QED) is 0.639. The largest absolute Gasteiger partial charge is 0.372 e. The molecule has 0 atom stereocenters. The molecule has 14 heavy (non-hydrogen) atoms. The lowest BCUT2D eigenvalue weighted by Crippen LogP contribution is -2.35. The molecule has 0 heterocycles. The molecule has 0 unspecified atom stereocenters. The minimum Gasteiger partial charge on any atom is -0.372 e. The van der Waals surface area contributed by atoms with Crippen molar-refractivity contribution in [3.05, 3.63) is 0 Å². The summed E-state index contributed by atoms with van der Waals surface area (Å²) in [6, 6.07) is 0. The summed E-state index contributed by atoms with van der Waals surface area (Å²) >= 11 is 0. The second kappa shape index (κ2) is 6.82. The van der Waals surface area contributed by atoms with Gasteiger partial charge in [0.15, 0.2) is 0 Å². The molecule has 0 aliphatic rings. The number of rotatable bonds is 7. The Morgan fingerprint density at radius 3 is 2.50 bits per heavy atom. The molecule has 0 rings (SSSR count). The van der Waals surface area contributed by atoms with Crippen LogP contribution in [0.25, 0.3) is 0 Å². The molecule has 1 N–H and O–H groups in total. The van der Waals surface area contributed by atoms with E-state index in [1.165, 1.54) is 0 Å². The Bertz CT molecular complexity index is 167. The van der Waals surface area contributed by atoms with Gasteiger partial charge in [0.05, 0.1) is 0 Å². The maximum Gasteiger partial charge on any atom is 0.246 e. The van der Waals surface area contributed by atoms with Crippen molar-refractivity contribution in [3.8, 4) is 0 Å². The summed E-state index contributed by atoms with van der Waals surface area (Å²) in [6.45, 7) is 9.99. The highest BCUT2D eigenvalue weighted by atomic mass is 16.5. The van der Waals surface area contributed by atoms with Gasteiger partial charge < -0.3 is 10.1 Å². The predicted molar refractivity (Wildman–Crippen MR) is 58.2 cm³/mol. The van der Waals surface area contributed by atoms with E-state index < -0.39 is 0 Å². The first-order valence-electron chi connectivity index (χ1n) is 5.36. The SMILES string of the molecule is CCCOCC(=O)NCC(C)(C)CC. The molecule has 0 aromatic heterocycles. The molecule has 0 aromatic carbocycles. The monoisotopic (exact) mass is 201 g/mol. The third-order valence-electron chi connectivity index (χ3n) is 2.30. The molecule has 0 saturated heterocycles. The van der Waals surface area contributed by atoms with Crippen molar-refractivity contribution < 1.29 is 9.53 Å². The van der Waals surface area contributed by atoms with E-state index in [0.717, 1.165) is 19.4 Å². The zero-order chi connectivity index (χ0) is 11.0. The summed E-state index contributed by atoms with van der Waals surface area (Å²) in [5.74, 6) is -0.0139. The Balaban J connectivity index is 3.53. The number of amides is 1. The van der Waals surface area contributed by atoms with Crippen molar-refractivity contribution in [1.82, 2.24) is 5.32 Å². The first-order valence-corrected chi connectivity index (χ1v) is 5.36. The van der Waals surface area contributed by atoms with E-state index in [-0.39, 0.29) is 17.9 Å². The molecular weight excluding hydrogens is 178 g/mol. The predicted octanol–water partition coefficient (Wildman–Crippen LogP) is 1.97. The first kappa shape index (κ1) is 13.4. The maximum atomic E-state index is 11.2. The van der Waals surface area contributed by atoms with Gasteiger partial charge in [0.25, 0.3) is 0 Å². The van der Waals surface area contributed by atoms with Gasteiger partial charge in [-0.05, 0) is 18.3 Å². The average molecular weight is 201 g/mol. The lowest BCUT2D eigenvalue weighted by molar-refractivity contribution is -0.126. The van der Waals surface area contributed by atoms with Crippen LogP contribution in [0.2, 0.25) is 0 Å². The second-order valence-electron chi connectivity index (χ2n) is 4.35. The molecule has 0 aliphatic carbocycles. The number of nitrogens with one attached hydrogen (secondary N) is 1. The third-order valence-corrected chi connectivity index (χ3v) is 2.30. The average Bonchev–Trinajstić information content (AvgIpc) is 2.16. The third kappa shape index (κ3) is 6.89. The van der Waals surface area contributed by atoms with Gasteiger partial charge in [0, 0.05) is 13.2 Å². The van der Waals surface area contributed by atoms with Crippen molar-refractivity contribution in [2.45, 2.75) is 40.5 Å². The topological polar surface area (TPSA) is 38.3 Å². The zero-order valence-corrected chi connectivity index (χ0v) is 9.85. The molecule has 0 spiro atoms. The fourth-order valence-electron chi connectivity index (χ4n) is 0.823. The summed E-state index contributed by atoms with van der Waals surface area (Å²) < 4.78 is 5.13. The van der Waals surface area contributed by atoms with Crippen LogP contribution < -0.4 is 5.32 Å². The Hall–Kier alpha value is -0.570. The van der Waals surface area contributed by atoms with Crippen LogP contribution in [0.3, 0.4) is 0 Å². The van der Waals surface area contributed by atoms with E-state index in [4.69, 9.17) is 4.74 Å². The number of carbonyl (C=O) groups is 1. The molecule has 0 aliphatic heterocycles. The van der Waals surface area contributed by atoms with E-state index in [1.54, 1.807) is 0 Å². The van der Waals surface area contributed by atoms with Crippen LogP contribution in [-0.4, -0.2) is 25.7 Å². The van der Waals surface area contributed by atoms with E-state index in [9.17, 15) is 4.79 Å². The van der Waals surface area contributed by atoms with Gasteiger partial charge in [-0.3, -0.25) is 4.79 Å². The minimum absolute atomic E-state index is 0.0139. The van der Waals surface area contributed by atoms with Crippen LogP contribution >= 0.6 is 0 Å². The van der Waals surface area contributed by atoms with E-state index in [1.807, 2.05) is 6.92 Å². The van der Waals surface area contributed by atoms with Crippen LogP contribution in [0.15, 0.2) is 0 Å². The Labute approximate surface area is 87.2 Å². The molecule has 0 aromatic rings. The van der Waals surface area contributed by atoms with Gasteiger partial charge in [-0.2, -0.15) is 0 Å². The number of carbonyl (C=O) groups excluding carboxylic acids is 1. The normalized spacial score (nSPS) is 11.4. The van der Waals surface area contributed by atoms with Crippen LogP contribution in [0.4, 0.5) is 0 Å². The van der Waals surface area contributed by atoms with E-state index in [0.29, 0.717) is 6.61 Å². The van der Waals surface area contributed by atoms with Gasteiger partial charge in [-0.15, -0.1) is 0 Å². The molecule has 0 fully saturated rings. The fraction of sp³-hybridized carbons (Fsp3) is 0.909. The standard InChI is InChI=1S/C11H23NO2/c1-5-7-14-8-10(13)12-9-11(3,4)6-2/h5-9H2,1-4H3,(H,12,13). The molecule has 1 amide bonds. The van der Waals surface area contributed by atoms with Crippen LogP contribution in [0.1, 0.15) is 40.5 Å². The molecule has 3 nitrogen and oxygen atoms in total. The smallest absolute Gasteiger partial charge is 0.246 e. The van der Waals surface area contributed by atoms with Crippen molar-refractivity contribution in [2.24, 2.45) is 5.41 Å². The lowest BCUT2D eigenvalue weighted by Gasteiger charge is -2.22. The molecular formula is C11H23NO2. The summed E-state index contributed by atoms with van der Waals surface area (Å²) in [7, 11) is 0. The highest BCUT2D eigenvalue weighted by molar-refractivity contribution is 5.77. The minimum atomic E-state index is -0.0139. The highest BCUT2D eigenvalue weighted by Crippen LogP contribution is 2.17. The Morgan fingerprint density at radius 1 is 1.36 bits per heavy atom. The number of hydrogen-bond donors (Lipinski definition) is 1. The summed E-state index contributed by atoms with van der Waals surface area (Å²) in [4.78, 5) is 11.2. The Kier molecular flexibility index (Phi) is 6.54. The van der Waals surface area contributed by atoms with Gasteiger partial charge in [-0.25, -0.2) is 0 Å². The van der Waals surface area contributed by atoms with Crippen LogP contribution in [0.5, 0.6) is 0 Å². The molecule has 3 heteroatoms. The van der Waals surface area contributed by atoms with Gasteiger partial charge in [-0.1, -0.05) is 27.7 Å². The second-order valence-corrected chi connectivity index (χ2v) is 4.35. The highest BCUT2D eigenvalue weighted by Gasteiger charge is 2.15. The first-order chi connectivity index (χ1) is 6.52. The molecule has 0 saturated carbocycles. The summed E-state index contributed by atoms with van der Waals surface area (Å²) in [5, 5.41) is 2.87.